The monoisotopic (exact) mass is 317 g/mol. The second-order valence-electron chi connectivity index (χ2n) is 6.47. The van der Waals surface area contributed by atoms with Crippen molar-refractivity contribution >= 4 is 22.1 Å². The summed E-state index contributed by atoms with van der Waals surface area (Å²) in [5.74, 6) is -0.664. The molecular weight excluding hydrogens is 296 g/mol. The molecule has 120 valence electrons. The van der Waals surface area contributed by atoms with Gasteiger partial charge in [0.15, 0.2) is 0 Å². The third-order valence-corrected chi connectivity index (χ3v) is 4.43. The van der Waals surface area contributed by atoms with Crippen molar-refractivity contribution in [1.29, 1.82) is 0 Å². The zero-order valence-electron chi connectivity index (χ0n) is 15.3. The Bertz CT molecular complexity index is 1110. The van der Waals surface area contributed by atoms with Gasteiger partial charge >= 0.3 is 0 Å². The van der Waals surface area contributed by atoms with Crippen LogP contribution in [0, 0.1) is 13.8 Å². The SMILES string of the molecule is [2H]C(C)(C)c1cnc(-c2cccc3c2oc2nc(C)ccc23)cc1C. The first-order valence-corrected chi connectivity index (χ1v) is 8.11. The van der Waals surface area contributed by atoms with E-state index >= 15 is 0 Å². The van der Waals surface area contributed by atoms with Crippen LogP contribution < -0.4 is 0 Å². The van der Waals surface area contributed by atoms with Gasteiger partial charge in [-0.15, -0.1) is 0 Å². The van der Waals surface area contributed by atoms with Crippen LogP contribution in [0.25, 0.3) is 33.3 Å². The number of hydrogen-bond donors (Lipinski definition) is 0. The van der Waals surface area contributed by atoms with Crippen LogP contribution in [0.4, 0.5) is 0 Å². The second kappa shape index (κ2) is 5.45. The molecule has 0 saturated carbocycles. The third kappa shape index (κ3) is 2.28. The van der Waals surface area contributed by atoms with E-state index in [9.17, 15) is 0 Å². The molecule has 0 spiro atoms. The first kappa shape index (κ1) is 13.7. The van der Waals surface area contributed by atoms with E-state index in [2.05, 4.69) is 22.1 Å². The molecule has 0 saturated heterocycles. The van der Waals surface area contributed by atoms with Gasteiger partial charge in [-0.25, -0.2) is 4.98 Å². The van der Waals surface area contributed by atoms with Crippen molar-refractivity contribution in [3.63, 3.8) is 0 Å². The van der Waals surface area contributed by atoms with Gasteiger partial charge in [-0.3, -0.25) is 4.98 Å². The van der Waals surface area contributed by atoms with Gasteiger partial charge in [0.25, 0.3) is 0 Å². The number of nitrogens with zero attached hydrogens (tertiary/aromatic N) is 2. The van der Waals surface area contributed by atoms with Gasteiger partial charge in [-0.2, -0.15) is 0 Å². The number of pyridine rings is 2. The maximum atomic E-state index is 8.25. The molecule has 24 heavy (non-hydrogen) atoms. The minimum absolute atomic E-state index is 0.656. The van der Waals surface area contributed by atoms with Crippen molar-refractivity contribution < 1.29 is 5.79 Å². The summed E-state index contributed by atoms with van der Waals surface area (Å²) in [5, 5.41) is 2.06. The van der Waals surface area contributed by atoms with E-state index < -0.39 is 5.89 Å². The number of para-hydroxylation sites is 1. The van der Waals surface area contributed by atoms with Crippen LogP contribution in [0.2, 0.25) is 0 Å². The summed E-state index contributed by atoms with van der Waals surface area (Å²) >= 11 is 0. The van der Waals surface area contributed by atoms with Gasteiger partial charge in [0.05, 0.1) is 5.69 Å². The summed E-state index contributed by atoms with van der Waals surface area (Å²) in [6.45, 7) is 7.75. The Kier molecular flexibility index (Phi) is 3.12. The molecule has 0 aliphatic heterocycles. The van der Waals surface area contributed by atoms with Crippen molar-refractivity contribution in [2.45, 2.75) is 33.6 Å². The molecule has 0 aliphatic carbocycles. The fraction of sp³-hybridized carbons (Fsp3) is 0.238. The van der Waals surface area contributed by atoms with Gasteiger partial charge in [-0.1, -0.05) is 26.0 Å². The number of hydrogen-bond acceptors (Lipinski definition) is 3. The van der Waals surface area contributed by atoms with Crippen molar-refractivity contribution in [3.05, 3.63) is 59.4 Å². The molecule has 0 radical (unpaired) electrons. The van der Waals surface area contributed by atoms with Gasteiger partial charge in [-0.05, 0) is 55.1 Å². The van der Waals surface area contributed by atoms with Crippen LogP contribution in [0.5, 0.6) is 0 Å². The average molecular weight is 317 g/mol. The topological polar surface area (TPSA) is 38.9 Å². The van der Waals surface area contributed by atoms with Gasteiger partial charge in [0.2, 0.25) is 5.71 Å². The molecule has 0 fully saturated rings. The number of fused-ring (bicyclic) bond motifs is 3. The number of aromatic nitrogens is 2. The first-order valence-electron chi connectivity index (χ1n) is 8.61. The lowest BCUT2D eigenvalue weighted by atomic mass is 9.98. The fourth-order valence-corrected chi connectivity index (χ4v) is 3.20. The van der Waals surface area contributed by atoms with E-state index in [1.54, 1.807) is 0 Å². The predicted octanol–water partition coefficient (Wildman–Crippen LogP) is 5.78. The number of aryl methyl sites for hydroxylation is 2. The van der Waals surface area contributed by atoms with E-state index in [0.29, 0.717) is 5.71 Å². The summed E-state index contributed by atoms with van der Waals surface area (Å²) in [6, 6.07) is 12.2. The highest BCUT2D eigenvalue weighted by Crippen LogP contribution is 2.35. The molecule has 3 nitrogen and oxygen atoms in total. The molecule has 3 aromatic heterocycles. The van der Waals surface area contributed by atoms with Gasteiger partial charge in [0, 0.05) is 29.6 Å². The first-order chi connectivity index (χ1) is 11.8. The second-order valence-corrected chi connectivity index (χ2v) is 6.47. The fourth-order valence-electron chi connectivity index (χ4n) is 3.20. The molecule has 3 heteroatoms. The van der Waals surface area contributed by atoms with Crippen molar-refractivity contribution in [2.75, 3.05) is 0 Å². The molecule has 4 aromatic rings. The lowest BCUT2D eigenvalue weighted by Crippen LogP contribution is -1.95. The molecule has 0 aliphatic rings. The highest BCUT2D eigenvalue weighted by molar-refractivity contribution is 6.08. The molecule has 3 heterocycles. The molecule has 4 rings (SSSR count). The Labute approximate surface area is 142 Å². The number of rotatable bonds is 2. The van der Waals surface area contributed by atoms with Crippen LogP contribution in [-0.2, 0) is 0 Å². The summed E-state index contributed by atoms with van der Waals surface area (Å²) in [4.78, 5) is 9.11. The minimum atomic E-state index is -0.664. The molecule has 0 atom stereocenters. The van der Waals surface area contributed by atoms with Crippen molar-refractivity contribution in [2.24, 2.45) is 0 Å². The summed E-state index contributed by atoms with van der Waals surface area (Å²) in [6.07, 6.45) is 1.81. The summed E-state index contributed by atoms with van der Waals surface area (Å²) < 4.78 is 14.3. The highest BCUT2D eigenvalue weighted by atomic mass is 16.3. The average Bonchev–Trinajstić information content (AvgIpc) is 2.90. The smallest absolute Gasteiger partial charge is 0.227 e. The largest absolute Gasteiger partial charge is 0.437 e. The lowest BCUT2D eigenvalue weighted by molar-refractivity contribution is 0.653. The standard InChI is InChI=1S/C21H20N2O/c1-12(2)18-11-22-19(10-13(18)3)17-7-5-6-15-16-9-8-14(4)23-21(16)24-20(15)17/h5-12H,1-4H3/i12D. The molecule has 0 unspecified atom stereocenters. The van der Waals surface area contributed by atoms with Crippen LogP contribution >= 0.6 is 0 Å². The van der Waals surface area contributed by atoms with Crippen LogP contribution in [0.3, 0.4) is 0 Å². The predicted molar refractivity (Wildman–Crippen MR) is 98.3 cm³/mol. The Morgan fingerprint density at radius 1 is 1.08 bits per heavy atom. The van der Waals surface area contributed by atoms with Gasteiger partial charge in [0.1, 0.15) is 5.58 Å². The zero-order valence-corrected chi connectivity index (χ0v) is 14.3. The number of furan rings is 1. The maximum absolute atomic E-state index is 8.25. The van der Waals surface area contributed by atoms with Crippen LogP contribution in [0.1, 0.15) is 37.9 Å². The molecular formula is C21H20N2O. The Morgan fingerprint density at radius 2 is 1.92 bits per heavy atom. The number of benzene rings is 1. The van der Waals surface area contributed by atoms with Gasteiger partial charge < -0.3 is 4.42 Å². The van der Waals surface area contributed by atoms with Crippen LogP contribution in [-0.4, -0.2) is 9.97 Å². The zero-order chi connectivity index (χ0) is 17.8. The lowest BCUT2D eigenvalue weighted by Gasteiger charge is -2.11. The Hall–Kier alpha value is -2.68. The molecule has 1 aromatic carbocycles. The minimum Gasteiger partial charge on any atom is -0.437 e. The third-order valence-electron chi connectivity index (χ3n) is 4.43. The molecule has 0 amide bonds. The normalized spacial score (nSPS) is 12.8. The van der Waals surface area contributed by atoms with E-state index in [4.69, 9.17) is 5.79 Å². The highest BCUT2D eigenvalue weighted by Gasteiger charge is 2.15. The van der Waals surface area contributed by atoms with Crippen molar-refractivity contribution in [1.82, 2.24) is 9.97 Å². The van der Waals surface area contributed by atoms with E-state index in [0.717, 1.165) is 44.4 Å². The van der Waals surface area contributed by atoms with E-state index in [1.165, 1.54) is 0 Å². The van der Waals surface area contributed by atoms with Crippen molar-refractivity contribution in [3.8, 4) is 11.3 Å². The summed E-state index contributed by atoms with van der Waals surface area (Å²) in [5.41, 5.74) is 6.20. The Balaban J connectivity index is 1.95. The molecule has 0 N–H and O–H groups in total. The van der Waals surface area contributed by atoms with Crippen LogP contribution in [0.15, 0.2) is 47.0 Å². The van der Waals surface area contributed by atoms with E-state index in [1.807, 2.05) is 58.2 Å². The van der Waals surface area contributed by atoms with E-state index in [-0.39, 0.29) is 0 Å². The Morgan fingerprint density at radius 3 is 2.67 bits per heavy atom. The quantitative estimate of drug-likeness (QED) is 0.470. The molecule has 0 bridgehead atoms. The summed E-state index contributed by atoms with van der Waals surface area (Å²) in [7, 11) is 0. The maximum Gasteiger partial charge on any atom is 0.227 e.